The normalized spacial score (nSPS) is 14.4. The van der Waals surface area contributed by atoms with Crippen molar-refractivity contribution >= 4 is 5.69 Å². The minimum atomic E-state index is -0.743. The molecule has 0 aromatic heterocycles. The molecule has 0 heterocycles. The number of halogens is 1. The molecular weight excluding hydrogens is 223 g/mol. The van der Waals surface area contributed by atoms with Crippen molar-refractivity contribution in [2.24, 2.45) is 11.7 Å². The van der Waals surface area contributed by atoms with Gasteiger partial charge in [-0.25, -0.2) is 0 Å². The quantitative estimate of drug-likeness (QED) is 0.635. The van der Waals surface area contributed by atoms with E-state index in [4.69, 9.17) is 5.73 Å². The van der Waals surface area contributed by atoms with Gasteiger partial charge < -0.3 is 5.73 Å². The van der Waals surface area contributed by atoms with Crippen LogP contribution in [-0.4, -0.2) is 11.0 Å². The first-order valence-electron chi connectivity index (χ1n) is 5.64. The minimum Gasteiger partial charge on any atom is -0.327 e. The Morgan fingerprint density at radius 3 is 2.71 bits per heavy atom. The molecular formula is C12H17FN2O2. The molecule has 0 saturated carbocycles. The molecule has 0 aliphatic heterocycles. The second-order valence-electron chi connectivity index (χ2n) is 4.26. The van der Waals surface area contributed by atoms with Gasteiger partial charge in [-0.1, -0.05) is 26.0 Å². The number of hydrogen-bond donors (Lipinski definition) is 1. The molecule has 94 valence electrons. The lowest BCUT2D eigenvalue weighted by molar-refractivity contribution is -0.387. The molecule has 1 aromatic rings. The van der Waals surface area contributed by atoms with Gasteiger partial charge in [-0.3, -0.25) is 10.1 Å². The molecule has 1 aromatic carbocycles. The third-order valence-electron chi connectivity index (χ3n) is 3.00. The Hall–Kier alpha value is -1.49. The van der Waals surface area contributed by atoms with Crippen LogP contribution in [0, 0.1) is 21.8 Å². The third kappa shape index (κ3) is 3.23. The Balaban J connectivity index is 2.92. The molecule has 17 heavy (non-hydrogen) atoms. The van der Waals surface area contributed by atoms with Gasteiger partial charge in [0.25, 0.3) is 0 Å². The zero-order valence-corrected chi connectivity index (χ0v) is 10.0. The van der Waals surface area contributed by atoms with E-state index in [1.807, 2.05) is 13.8 Å². The van der Waals surface area contributed by atoms with Gasteiger partial charge in [0.15, 0.2) is 0 Å². The van der Waals surface area contributed by atoms with Gasteiger partial charge in [0.1, 0.15) is 0 Å². The highest BCUT2D eigenvalue weighted by Gasteiger charge is 2.20. The molecule has 4 nitrogen and oxygen atoms in total. The summed E-state index contributed by atoms with van der Waals surface area (Å²) in [7, 11) is 0. The molecule has 1 rings (SSSR count). The van der Waals surface area contributed by atoms with Crippen LogP contribution in [0.4, 0.5) is 10.1 Å². The number of rotatable bonds is 5. The summed E-state index contributed by atoms with van der Waals surface area (Å²) in [6, 6.07) is 4.22. The van der Waals surface area contributed by atoms with Crippen molar-refractivity contribution in [3.8, 4) is 0 Å². The van der Waals surface area contributed by atoms with Crippen LogP contribution in [0.1, 0.15) is 25.8 Å². The van der Waals surface area contributed by atoms with Crippen molar-refractivity contribution in [2.75, 3.05) is 0 Å². The van der Waals surface area contributed by atoms with Crippen LogP contribution < -0.4 is 5.73 Å². The molecule has 0 saturated heterocycles. The van der Waals surface area contributed by atoms with E-state index >= 15 is 0 Å². The van der Waals surface area contributed by atoms with Gasteiger partial charge in [-0.05, 0) is 24.3 Å². The lowest BCUT2D eigenvalue weighted by atomic mass is 9.92. The molecule has 0 aliphatic rings. The van der Waals surface area contributed by atoms with E-state index in [0.29, 0.717) is 12.0 Å². The highest BCUT2D eigenvalue weighted by molar-refractivity contribution is 5.36. The van der Waals surface area contributed by atoms with Crippen molar-refractivity contribution in [2.45, 2.75) is 32.7 Å². The second-order valence-corrected chi connectivity index (χ2v) is 4.26. The van der Waals surface area contributed by atoms with Crippen molar-refractivity contribution in [1.82, 2.24) is 0 Å². The highest BCUT2D eigenvalue weighted by atomic mass is 19.1. The van der Waals surface area contributed by atoms with E-state index in [2.05, 4.69) is 0 Å². The number of hydrogen-bond acceptors (Lipinski definition) is 3. The van der Waals surface area contributed by atoms with Crippen molar-refractivity contribution in [3.05, 3.63) is 39.7 Å². The lowest BCUT2D eigenvalue weighted by Crippen LogP contribution is -2.28. The monoisotopic (exact) mass is 240 g/mol. The summed E-state index contributed by atoms with van der Waals surface area (Å²) in [5.41, 5.74) is 5.74. The first kappa shape index (κ1) is 13.6. The molecule has 0 fully saturated rings. The van der Waals surface area contributed by atoms with Crippen LogP contribution in [-0.2, 0) is 6.42 Å². The fourth-order valence-corrected chi connectivity index (χ4v) is 1.77. The van der Waals surface area contributed by atoms with E-state index in [0.717, 1.165) is 6.42 Å². The number of benzene rings is 1. The second kappa shape index (κ2) is 5.72. The highest BCUT2D eigenvalue weighted by Crippen LogP contribution is 2.23. The van der Waals surface area contributed by atoms with E-state index in [9.17, 15) is 14.5 Å². The fourth-order valence-electron chi connectivity index (χ4n) is 1.77. The Bertz CT molecular complexity index is 409. The zero-order valence-electron chi connectivity index (χ0n) is 10.0. The molecule has 5 heteroatoms. The first-order chi connectivity index (χ1) is 7.97. The zero-order chi connectivity index (χ0) is 13.0. The molecule has 0 amide bonds. The summed E-state index contributed by atoms with van der Waals surface area (Å²) in [5.74, 6) is -0.649. The number of nitrogens with zero attached hydrogens (tertiary/aromatic N) is 1. The third-order valence-corrected chi connectivity index (χ3v) is 3.00. The van der Waals surface area contributed by atoms with Crippen LogP contribution >= 0.6 is 0 Å². The van der Waals surface area contributed by atoms with Gasteiger partial charge >= 0.3 is 5.69 Å². The standard InChI is InChI=1S/C12H17FN2O2/c1-3-10(14)8(2)7-9-5-4-6-11(12(9)13)15(16)17/h4-6,8,10H,3,7,14H2,1-2H3. The van der Waals surface area contributed by atoms with Crippen molar-refractivity contribution in [1.29, 1.82) is 0 Å². The summed E-state index contributed by atoms with van der Waals surface area (Å²) in [6.45, 7) is 3.89. The molecule has 0 bridgehead atoms. The molecule has 0 spiro atoms. The molecule has 0 aliphatic carbocycles. The maximum Gasteiger partial charge on any atom is 0.305 e. The largest absolute Gasteiger partial charge is 0.327 e. The Labute approximate surface area is 99.8 Å². The number of nitro groups is 1. The van der Waals surface area contributed by atoms with E-state index in [-0.39, 0.29) is 12.0 Å². The van der Waals surface area contributed by atoms with Crippen LogP contribution in [0.25, 0.3) is 0 Å². The minimum absolute atomic E-state index is 0.0198. The predicted octanol–water partition coefficient (Wildman–Crippen LogP) is 2.65. The topological polar surface area (TPSA) is 69.2 Å². The summed E-state index contributed by atoms with van der Waals surface area (Å²) >= 11 is 0. The Kier molecular flexibility index (Phi) is 4.57. The summed E-state index contributed by atoms with van der Waals surface area (Å²) in [4.78, 5) is 9.89. The lowest BCUT2D eigenvalue weighted by Gasteiger charge is -2.18. The maximum atomic E-state index is 13.8. The Morgan fingerprint density at radius 2 is 2.18 bits per heavy atom. The smallest absolute Gasteiger partial charge is 0.305 e. The number of nitro benzene ring substituents is 1. The molecule has 2 atom stereocenters. The van der Waals surface area contributed by atoms with Gasteiger partial charge in [-0.2, -0.15) is 4.39 Å². The van der Waals surface area contributed by atoms with Crippen LogP contribution in [0.5, 0.6) is 0 Å². The van der Waals surface area contributed by atoms with Crippen LogP contribution in [0.2, 0.25) is 0 Å². The van der Waals surface area contributed by atoms with Crippen LogP contribution in [0.15, 0.2) is 18.2 Å². The molecule has 2 N–H and O–H groups in total. The van der Waals surface area contributed by atoms with E-state index < -0.39 is 16.4 Å². The number of nitrogens with two attached hydrogens (primary N) is 1. The average Bonchev–Trinajstić information content (AvgIpc) is 2.30. The van der Waals surface area contributed by atoms with Crippen molar-refractivity contribution in [3.63, 3.8) is 0 Å². The fraction of sp³-hybridized carbons (Fsp3) is 0.500. The van der Waals surface area contributed by atoms with Gasteiger partial charge in [0.2, 0.25) is 5.82 Å². The molecule has 0 radical (unpaired) electrons. The van der Waals surface area contributed by atoms with Gasteiger partial charge in [0.05, 0.1) is 4.92 Å². The summed E-state index contributed by atoms with van der Waals surface area (Å²) < 4.78 is 13.8. The average molecular weight is 240 g/mol. The van der Waals surface area contributed by atoms with Crippen molar-refractivity contribution < 1.29 is 9.31 Å². The molecule has 2 unspecified atom stereocenters. The maximum absolute atomic E-state index is 13.8. The SMILES string of the molecule is CCC(N)C(C)Cc1cccc([N+](=O)[O-])c1F. The van der Waals surface area contributed by atoms with E-state index in [1.165, 1.54) is 12.1 Å². The summed E-state index contributed by atoms with van der Waals surface area (Å²) in [6.07, 6.45) is 1.22. The first-order valence-corrected chi connectivity index (χ1v) is 5.64. The van der Waals surface area contributed by atoms with E-state index in [1.54, 1.807) is 6.07 Å². The van der Waals surface area contributed by atoms with Crippen LogP contribution in [0.3, 0.4) is 0 Å². The summed E-state index contributed by atoms with van der Waals surface area (Å²) in [5, 5.41) is 10.6. The Morgan fingerprint density at radius 1 is 1.53 bits per heavy atom. The predicted molar refractivity (Wildman–Crippen MR) is 64.2 cm³/mol. The van der Waals surface area contributed by atoms with Gasteiger partial charge in [-0.15, -0.1) is 0 Å². The van der Waals surface area contributed by atoms with Gasteiger partial charge in [0, 0.05) is 12.1 Å².